The third-order valence-corrected chi connectivity index (χ3v) is 7.18. The minimum absolute atomic E-state index is 0.00380. The first kappa shape index (κ1) is 38.8. The molecule has 0 saturated heterocycles. The summed E-state index contributed by atoms with van der Waals surface area (Å²) in [5.41, 5.74) is 6.65. The van der Waals surface area contributed by atoms with Gasteiger partial charge < -0.3 is 47.6 Å². The molecule has 2 aromatic rings. The lowest BCUT2D eigenvalue weighted by molar-refractivity contribution is -0.150. The molecule has 0 spiro atoms. The van der Waals surface area contributed by atoms with Gasteiger partial charge in [-0.3, -0.25) is 24.0 Å². The fraction of sp³-hybridized carbons (Fsp3) is 0.406. The molecule has 0 heterocycles. The number of aliphatic hydroxyl groups excluding tert-OH is 1. The number of carboxylic acids is 2. The fourth-order valence-corrected chi connectivity index (χ4v) is 4.42. The van der Waals surface area contributed by atoms with E-state index in [-0.39, 0.29) is 17.7 Å². The summed E-state index contributed by atoms with van der Waals surface area (Å²) in [4.78, 5) is 85.8. The van der Waals surface area contributed by atoms with E-state index in [1.54, 1.807) is 58.0 Å². The number of nitrogens with one attached hydrogen (secondary N) is 5. The number of hydrogen-bond acceptors (Lipinski definition) is 9. The van der Waals surface area contributed by atoms with Crippen molar-refractivity contribution in [2.45, 2.75) is 64.4 Å². The molecule has 2 rings (SSSR count). The van der Waals surface area contributed by atoms with Crippen molar-refractivity contribution >= 4 is 47.2 Å². The Morgan fingerprint density at radius 1 is 0.708 bits per heavy atom. The predicted molar refractivity (Wildman–Crippen MR) is 172 cm³/mol. The number of nitrogens with two attached hydrogens (primary N) is 1. The van der Waals surface area contributed by atoms with Crippen LogP contribution in [-0.2, 0) is 35.2 Å². The topological polar surface area (TPSA) is 266 Å². The normalized spacial score (nSPS) is 14.1. The van der Waals surface area contributed by atoms with Crippen molar-refractivity contribution in [1.29, 1.82) is 0 Å². The first-order valence-electron chi connectivity index (χ1n) is 15.1. The molecular formula is C32H42N6O10. The van der Waals surface area contributed by atoms with Crippen LogP contribution in [0.5, 0.6) is 0 Å². The third-order valence-electron chi connectivity index (χ3n) is 7.18. The summed E-state index contributed by atoms with van der Waals surface area (Å²) >= 11 is 0. The Labute approximate surface area is 276 Å². The van der Waals surface area contributed by atoms with E-state index in [4.69, 9.17) is 15.9 Å². The highest BCUT2D eigenvalue weighted by atomic mass is 16.4. The van der Waals surface area contributed by atoms with Crippen LogP contribution >= 0.6 is 0 Å². The molecule has 260 valence electrons. The lowest BCUT2D eigenvalue weighted by Crippen LogP contribution is -2.61. The van der Waals surface area contributed by atoms with E-state index in [2.05, 4.69) is 21.3 Å². The van der Waals surface area contributed by atoms with Gasteiger partial charge in [0, 0.05) is 12.2 Å². The fourth-order valence-electron chi connectivity index (χ4n) is 4.42. The summed E-state index contributed by atoms with van der Waals surface area (Å²) in [6, 6.07) is 9.09. The molecule has 2 aromatic carbocycles. The number of aliphatic hydroxyl groups is 1. The van der Waals surface area contributed by atoms with Gasteiger partial charge in [0.05, 0.1) is 11.6 Å². The Morgan fingerprint density at radius 2 is 1.23 bits per heavy atom. The molecular weight excluding hydrogens is 628 g/mol. The molecule has 16 heteroatoms. The monoisotopic (exact) mass is 670 g/mol. The lowest BCUT2D eigenvalue weighted by atomic mass is 9.97. The maximum absolute atomic E-state index is 13.6. The van der Waals surface area contributed by atoms with Crippen molar-refractivity contribution < 1.29 is 48.9 Å². The van der Waals surface area contributed by atoms with Gasteiger partial charge in [-0.25, -0.2) is 9.59 Å². The molecule has 16 nitrogen and oxygen atoms in total. The Hall–Kier alpha value is -5.35. The Kier molecular flexibility index (Phi) is 14.6. The smallest absolute Gasteiger partial charge is 0.394 e. The summed E-state index contributed by atoms with van der Waals surface area (Å²) in [6.45, 7) is 6.07. The van der Waals surface area contributed by atoms with Gasteiger partial charge in [0.25, 0.3) is 5.91 Å². The third kappa shape index (κ3) is 11.8. The molecule has 0 saturated carbocycles. The minimum Gasteiger partial charge on any atom is -0.478 e. The van der Waals surface area contributed by atoms with Gasteiger partial charge in [-0.1, -0.05) is 58.0 Å². The molecule has 0 unspecified atom stereocenters. The van der Waals surface area contributed by atoms with E-state index in [0.717, 1.165) is 0 Å². The minimum atomic E-state index is -1.78. The van der Waals surface area contributed by atoms with E-state index in [1.807, 2.05) is 5.32 Å². The van der Waals surface area contributed by atoms with Crippen molar-refractivity contribution in [3.8, 4) is 0 Å². The molecule has 0 aliphatic carbocycles. The van der Waals surface area contributed by atoms with E-state index < -0.39 is 90.1 Å². The molecule has 0 aliphatic rings. The first-order chi connectivity index (χ1) is 22.5. The highest BCUT2D eigenvalue weighted by molar-refractivity contribution is 6.31. The predicted octanol–water partition coefficient (Wildman–Crippen LogP) is -0.779. The Balaban J connectivity index is 2.21. The molecule has 5 atom stereocenters. The standard InChI is InChI=1S/C32H42N6O10/c1-16(2)23(38-28(42)24(17(3)4)37-26(40)21(33)15-34-30(44)32(47)48)27(41)36-22(14-18-8-6-5-7-9-18)25(39)29(43)35-20-12-10-19(11-13-20)31(45)46/h5-13,16-17,21-25,39H,14-15,33H2,1-4H3,(H,34,44)(H,35,43)(H,36,41)(H,37,40)(H,38,42)(H,45,46)(H,47,48)/t21-,22+,23-,24-,25-/m0/s1. The van der Waals surface area contributed by atoms with Crippen LogP contribution in [0.1, 0.15) is 43.6 Å². The summed E-state index contributed by atoms with van der Waals surface area (Å²) < 4.78 is 0. The first-order valence-corrected chi connectivity index (χ1v) is 15.1. The number of carbonyl (C=O) groups excluding carboxylic acids is 5. The number of aliphatic carboxylic acids is 1. The van der Waals surface area contributed by atoms with Gasteiger partial charge in [0.15, 0.2) is 6.10 Å². The summed E-state index contributed by atoms with van der Waals surface area (Å²) in [5, 5.41) is 41.1. The van der Waals surface area contributed by atoms with Gasteiger partial charge in [-0.15, -0.1) is 0 Å². The van der Waals surface area contributed by atoms with Crippen molar-refractivity contribution in [1.82, 2.24) is 21.3 Å². The zero-order chi connectivity index (χ0) is 36.1. The van der Waals surface area contributed by atoms with Crippen LogP contribution in [0.2, 0.25) is 0 Å². The maximum atomic E-state index is 13.6. The number of carbonyl (C=O) groups is 7. The molecule has 0 aliphatic heterocycles. The quantitative estimate of drug-likeness (QED) is 0.100. The van der Waals surface area contributed by atoms with E-state index in [9.17, 15) is 38.7 Å². The Bertz CT molecular complexity index is 1470. The van der Waals surface area contributed by atoms with Crippen LogP contribution in [-0.4, -0.2) is 93.6 Å². The SMILES string of the molecule is CC(C)[C@H](NC(=O)[C@@H](NC(=O)[C@@H](N)CNC(=O)C(=O)O)C(C)C)C(=O)N[C@H](Cc1ccccc1)[C@H](O)C(=O)Nc1ccc(C(=O)O)cc1. The van der Waals surface area contributed by atoms with Crippen molar-refractivity contribution in [2.75, 3.05) is 11.9 Å². The second-order valence-electron chi connectivity index (χ2n) is 11.7. The molecule has 10 N–H and O–H groups in total. The van der Waals surface area contributed by atoms with Crippen LogP contribution in [0.4, 0.5) is 5.69 Å². The molecule has 0 bridgehead atoms. The number of benzene rings is 2. The molecule has 0 fully saturated rings. The van der Waals surface area contributed by atoms with Crippen molar-refractivity contribution in [3.63, 3.8) is 0 Å². The highest BCUT2D eigenvalue weighted by Crippen LogP contribution is 2.14. The van der Waals surface area contributed by atoms with E-state index in [1.165, 1.54) is 24.3 Å². The molecule has 0 radical (unpaired) electrons. The largest absolute Gasteiger partial charge is 0.478 e. The lowest BCUT2D eigenvalue weighted by Gasteiger charge is -2.30. The number of aromatic carboxylic acids is 1. The number of amides is 5. The van der Waals surface area contributed by atoms with Crippen LogP contribution < -0.4 is 32.3 Å². The summed E-state index contributed by atoms with van der Waals surface area (Å²) in [7, 11) is 0. The van der Waals surface area contributed by atoms with Crippen molar-refractivity contribution in [2.24, 2.45) is 17.6 Å². The second kappa shape index (κ2) is 18.1. The average molecular weight is 671 g/mol. The number of rotatable bonds is 16. The van der Waals surface area contributed by atoms with Crippen LogP contribution in [0.25, 0.3) is 0 Å². The summed E-state index contributed by atoms with van der Waals surface area (Å²) in [5.74, 6) is -8.45. The zero-order valence-corrected chi connectivity index (χ0v) is 26.9. The van der Waals surface area contributed by atoms with Gasteiger partial charge in [0.1, 0.15) is 18.1 Å². The molecule has 0 aromatic heterocycles. The van der Waals surface area contributed by atoms with Crippen molar-refractivity contribution in [3.05, 3.63) is 65.7 Å². The summed E-state index contributed by atoms with van der Waals surface area (Å²) in [6.07, 6.45) is -1.75. The van der Waals surface area contributed by atoms with Gasteiger partial charge >= 0.3 is 17.8 Å². The number of carboxylic acid groups (broad SMARTS) is 2. The van der Waals surface area contributed by atoms with Crippen LogP contribution in [0, 0.1) is 11.8 Å². The molecule has 5 amide bonds. The van der Waals surface area contributed by atoms with Gasteiger partial charge in [0.2, 0.25) is 17.7 Å². The number of anilines is 1. The van der Waals surface area contributed by atoms with Gasteiger partial charge in [-0.2, -0.15) is 0 Å². The second-order valence-corrected chi connectivity index (χ2v) is 11.7. The number of hydrogen-bond donors (Lipinski definition) is 9. The van der Waals surface area contributed by atoms with Crippen LogP contribution in [0.15, 0.2) is 54.6 Å². The molecule has 48 heavy (non-hydrogen) atoms. The maximum Gasteiger partial charge on any atom is 0.394 e. The van der Waals surface area contributed by atoms with Crippen LogP contribution in [0.3, 0.4) is 0 Å². The average Bonchev–Trinajstić information content (AvgIpc) is 3.03. The van der Waals surface area contributed by atoms with E-state index in [0.29, 0.717) is 5.56 Å². The van der Waals surface area contributed by atoms with Gasteiger partial charge in [-0.05, 0) is 48.1 Å². The highest BCUT2D eigenvalue weighted by Gasteiger charge is 2.35. The Morgan fingerprint density at radius 3 is 1.73 bits per heavy atom. The van der Waals surface area contributed by atoms with E-state index >= 15 is 0 Å². The zero-order valence-electron chi connectivity index (χ0n) is 26.9.